The van der Waals surface area contributed by atoms with Crippen molar-refractivity contribution < 1.29 is 44.3 Å². The number of phenols is 2. The lowest BCUT2D eigenvalue weighted by Gasteiger charge is -2.62. The maximum absolute atomic E-state index is 13.2. The fourth-order valence-corrected chi connectivity index (χ4v) is 12.1. The average molecular weight is 958 g/mol. The average Bonchev–Trinajstić information content (AvgIpc) is 3.83. The number of nitrogens with two attached hydrogens (primary N) is 1. The number of ether oxygens (including phenoxy) is 1. The predicted octanol–water partition coefficient (Wildman–Crippen LogP) is 12.3. The van der Waals surface area contributed by atoms with Gasteiger partial charge >= 0.3 is 17.9 Å². The molecule has 10 rings (SSSR count). The van der Waals surface area contributed by atoms with Crippen molar-refractivity contribution in [3.8, 4) is 11.5 Å². The Bertz CT molecular complexity index is 2300. The SMILES string of the molecule is C.C.C.CC1(C)C2CC(C/C=C\CC(=O)O)C(NC(=O)c3csc4ccc(O)cc34)C1C2.CCOC(=O)C/C=C\CC1CC2CC(C1N)C2(C)C.Cl.O=C(O)c1csc2ccc(O)cc12. The van der Waals surface area contributed by atoms with E-state index < -0.39 is 11.9 Å². The topological polar surface area (TPSA) is 196 Å². The van der Waals surface area contributed by atoms with Gasteiger partial charge in [0, 0.05) is 43.0 Å². The molecule has 2 heterocycles. The van der Waals surface area contributed by atoms with Gasteiger partial charge in [-0.15, -0.1) is 35.1 Å². The fraction of sp³-hybridized carbons (Fsp3) is 0.529. The van der Waals surface area contributed by atoms with E-state index in [0.717, 1.165) is 46.4 Å². The molecule has 7 N–H and O–H groups in total. The first-order valence-corrected chi connectivity index (χ1v) is 23.1. The van der Waals surface area contributed by atoms with E-state index in [1.165, 1.54) is 41.6 Å². The number of carboxylic acid groups (broad SMARTS) is 2. The molecule has 360 valence electrons. The van der Waals surface area contributed by atoms with Crippen LogP contribution in [0.5, 0.6) is 11.5 Å². The molecule has 8 atom stereocenters. The van der Waals surface area contributed by atoms with Gasteiger partial charge in [0.25, 0.3) is 5.91 Å². The van der Waals surface area contributed by atoms with Gasteiger partial charge in [0.2, 0.25) is 0 Å². The zero-order chi connectivity index (χ0) is 44.2. The van der Waals surface area contributed by atoms with E-state index in [2.05, 4.69) is 39.1 Å². The van der Waals surface area contributed by atoms with Crippen LogP contribution in [0.4, 0.5) is 0 Å². The van der Waals surface area contributed by atoms with Crippen molar-refractivity contribution in [2.45, 2.75) is 120 Å². The van der Waals surface area contributed by atoms with Gasteiger partial charge in [-0.2, -0.15) is 0 Å². The van der Waals surface area contributed by atoms with Crippen molar-refractivity contribution in [2.24, 2.45) is 52.1 Å². The molecule has 4 bridgehead atoms. The maximum Gasteiger partial charge on any atom is 0.337 e. The van der Waals surface area contributed by atoms with Crippen LogP contribution >= 0.6 is 35.1 Å². The van der Waals surface area contributed by atoms with Crippen LogP contribution in [0, 0.1) is 46.3 Å². The Hall–Kier alpha value is -4.43. The number of nitrogens with one attached hydrogen (secondary N) is 1. The molecule has 0 aliphatic heterocycles. The summed E-state index contributed by atoms with van der Waals surface area (Å²) in [5.41, 5.74) is 7.92. The van der Waals surface area contributed by atoms with Crippen molar-refractivity contribution in [2.75, 3.05) is 6.61 Å². The fourth-order valence-electron chi connectivity index (χ4n) is 10.3. The van der Waals surface area contributed by atoms with Gasteiger partial charge in [-0.05, 0) is 128 Å². The van der Waals surface area contributed by atoms with E-state index in [1.807, 2.05) is 30.5 Å². The Balaban J connectivity index is 0.000000350. The van der Waals surface area contributed by atoms with Crippen LogP contribution in [0.15, 0.2) is 71.5 Å². The van der Waals surface area contributed by atoms with Gasteiger partial charge in [-0.1, -0.05) is 74.3 Å². The molecule has 14 heteroatoms. The van der Waals surface area contributed by atoms with Crippen LogP contribution in [-0.4, -0.2) is 62.9 Å². The van der Waals surface area contributed by atoms with Crippen LogP contribution in [-0.2, 0) is 14.3 Å². The number of thiophene rings is 2. The largest absolute Gasteiger partial charge is 0.508 e. The second kappa shape index (κ2) is 23.8. The number of hydrogen-bond donors (Lipinski definition) is 6. The van der Waals surface area contributed by atoms with Crippen molar-refractivity contribution >= 4 is 79.1 Å². The number of amides is 1. The van der Waals surface area contributed by atoms with Crippen LogP contribution < -0.4 is 11.1 Å². The highest BCUT2D eigenvalue weighted by molar-refractivity contribution is 7.18. The molecule has 0 saturated heterocycles. The lowest BCUT2D eigenvalue weighted by molar-refractivity contribution is -0.142. The number of hydrogen-bond acceptors (Lipinski definition) is 10. The number of aromatic hydroxyl groups is 2. The maximum atomic E-state index is 13.2. The Morgan fingerprint density at radius 3 is 1.74 bits per heavy atom. The lowest BCUT2D eigenvalue weighted by atomic mass is 9.44. The smallest absolute Gasteiger partial charge is 0.337 e. The quantitative estimate of drug-likeness (QED) is 0.0587. The third kappa shape index (κ3) is 12.7. The zero-order valence-corrected chi connectivity index (χ0v) is 38.5. The molecule has 4 aromatic rings. The van der Waals surface area contributed by atoms with E-state index in [0.29, 0.717) is 65.0 Å². The third-order valence-corrected chi connectivity index (χ3v) is 16.1. The van der Waals surface area contributed by atoms with E-state index in [-0.39, 0.29) is 81.5 Å². The summed E-state index contributed by atoms with van der Waals surface area (Å²) < 4.78 is 6.74. The number of aromatic carboxylic acids is 1. The number of benzene rings is 2. The summed E-state index contributed by atoms with van der Waals surface area (Å²) in [4.78, 5) is 45.8. The van der Waals surface area contributed by atoms with E-state index in [1.54, 1.807) is 35.7 Å². The molecule has 6 aliphatic carbocycles. The molecule has 1 amide bonds. The molecule has 6 saturated carbocycles. The summed E-state index contributed by atoms with van der Waals surface area (Å²) in [6.45, 7) is 11.6. The van der Waals surface area contributed by atoms with E-state index >= 15 is 0 Å². The highest BCUT2D eigenvalue weighted by Crippen LogP contribution is 2.62. The number of allylic oxidation sites excluding steroid dienone is 2. The normalized spacial score (nSPS) is 25.0. The summed E-state index contributed by atoms with van der Waals surface area (Å²) >= 11 is 2.86. The number of halogens is 1. The van der Waals surface area contributed by atoms with Crippen molar-refractivity contribution in [1.82, 2.24) is 5.32 Å². The van der Waals surface area contributed by atoms with Gasteiger partial charge in [0.15, 0.2) is 0 Å². The van der Waals surface area contributed by atoms with Gasteiger partial charge < -0.3 is 36.2 Å². The number of phenolic OH excluding ortho intramolecular Hbond substituents is 2. The predicted molar refractivity (Wildman–Crippen MR) is 269 cm³/mol. The third-order valence-electron chi connectivity index (χ3n) is 14.2. The minimum atomic E-state index is -0.961. The number of rotatable bonds is 12. The molecular weight excluding hydrogens is 884 g/mol. The number of carboxylic acids is 2. The first kappa shape index (κ1) is 56.7. The molecule has 6 fully saturated rings. The van der Waals surface area contributed by atoms with Crippen LogP contribution in [0.25, 0.3) is 20.2 Å². The highest BCUT2D eigenvalue weighted by Gasteiger charge is 2.58. The first-order valence-electron chi connectivity index (χ1n) is 21.3. The highest BCUT2D eigenvalue weighted by atomic mass is 35.5. The van der Waals surface area contributed by atoms with E-state index in [4.69, 9.17) is 25.8 Å². The minimum absolute atomic E-state index is 0. The molecule has 0 radical (unpaired) electrons. The van der Waals surface area contributed by atoms with Gasteiger partial charge in [0.1, 0.15) is 11.5 Å². The Morgan fingerprint density at radius 1 is 0.738 bits per heavy atom. The Morgan fingerprint density at radius 2 is 1.23 bits per heavy atom. The molecule has 2 aromatic heterocycles. The summed E-state index contributed by atoms with van der Waals surface area (Å²) in [6, 6.07) is 10.2. The second-order valence-corrected chi connectivity index (χ2v) is 20.1. The molecule has 11 nitrogen and oxygen atoms in total. The zero-order valence-electron chi connectivity index (χ0n) is 36.0. The number of fused-ring (bicyclic) bond motifs is 6. The summed E-state index contributed by atoms with van der Waals surface area (Å²) in [5, 5.41) is 44.7. The molecule has 6 aliphatic rings. The van der Waals surface area contributed by atoms with Gasteiger partial charge in [-0.25, -0.2) is 4.79 Å². The molecular formula is C51H73ClN2O9S2. The summed E-state index contributed by atoms with van der Waals surface area (Å²) in [7, 11) is 0. The summed E-state index contributed by atoms with van der Waals surface area (Å²) in [5.74, 6) is 1.77. The monoisotopic (exact) mass is 956 g/mol. The van der Waals surface area contributed by atoms with E-state index in [9.17, 15) is 24.3 Å². The molecule has 2 aromatic carbocycles. The van der Waals surface area contributed by atoms with Crippen LogP contribution in [0.1, 0.15) is 129 Å². The molecule has 0 spiro atoms. The van der Waals surface area contributed by atoms with Crippen LogP contribution in [0.3, 0.4) is 0 Å². The van der Waals surface area contributed by atoms with Crippen molar-refractivity contribution in [3.63, 3.8) is 0 Å². The van der Waals surface area contributed by atoms with Crippen molar-refractivity contribution in [3.05, 3.63) is 82.6 Å². The van der Waals surface area contributed by atoms with Crippen LogP contribution in [0.2, 0.25) is 0 Å². The van der Waals surface area contributed by atoms with Gasteiger partial charge in [-0.3, -0.25) is 14.4 Å². The lowest BCUT2D eigenvalue weighted by Crippen LogP contribution is -2.63. The van der Waals surface area contributed by atoms with Gasteiger partial charge in [0.05, 0.1) is 30.6 Å². The number of esters is 1. The Kier molecular flexibility index (Phi) is 20.8. The minimum Gasteiger partial charge on any atom is -0.508 e. The Labute approximate surface area is 400 Å². The standard InChI is InChI=1S/C23H27NO4S.C16H27NO2.C9H6O3S.3CH4.ClH/c1-23(2)14-9-13(5-3-4-6-20(26)27)21(18(23)10-14)24-22(28)17-12-29-19-8-7-15(25)11-16(17)19;1-4-19-14(18)8-6-5-7-11-9-12-10-13(15(11)17)16(12,2)3;10-5-1-2-8-6(3-5)7(4-13-8)9(11)12;;;;/h3-4,7-8,11-14,18,21,25H,5-6,9-10H2,1-2H3,(H,24,28)(H,26,27);5-6,11-13,15H,4,7-10,17H2,1-3H3;1-4,10H,(H,11,12);3*1H4;1H/b4-3-;6-5-;;;;;. The number of aliphatic carboxylic acids is 1. The number of carbonyl (C=O) groups excluding carboxylic acids is 2. The number of carbonyl (C=O) groups is 4. The molecule has 65 heavy (non-hydrogen) atoms. The first-order chi connectivity index (χ1) is 28.9. The van der Waals surface area contributed by atoms with Crippen molar-refractivity contribution in [1.29, 1.82) is 0 Å². The molecule has 8 unspecified atom stereocenters. The summed E-state index contributed by atoms with van der Waals surface area (Å²) in [6.07, 6.45) is 14.7. The second-order valence-electron chi connectivity index (χ2n) is 18.3.